The van der Waals surface area contributed by atoms with E-state index in [2.05, 4.69) is 17.9 Å². The molecule has 0 spiro atoms. The van der Waals surface area contributed by atoms with Crippen molar-refractivity contribution in [2.45, 2.75) is 36.6 Å². The van der Waals surface area contributed by atoms with Crippen LogP contribution in [0.4, 0.5) is 4.39 Å². The minimum atomic E-state index is -0.492. The predicted molar refractivity (Wildman–Crippen MR) is 63.4 cm³/mol. The van der Waals surface area contributed by atoms with E-state index in [1.165, 1.54) is 18.2 Å². The van der Waals surface area contributed by atoms with Gasteiger partial charge in [-0.25, -0.2) is 4.39 Å². The first-order valence-corrected chi connectivity index (χ1v) is 5.91. The molecule has 1 aromatic carbocycles. The van der Waals surface area contributed by atoms with Crippen molar-refractivity contribution < 1.29 is 9.18 Å². The van der Waals surface area contributed by atoms with Gasteiger partial charge >= 0.3 is 0 Å². The molecule has 16 heavy (non-hydrogen) atoms. The Balaban J connectivity index is 2.10. The third-order valence-electron chi connectivity index (χ3n) is 2.88. The fourth-order valence-electron chi connectivity index (χ4n) is 2.02. The summed E-state index contributed by atoms with van der Waals surface area (Å²) in [6.45, 7) is 0. The maximum atomic E-state index is 13.4. The first-order chi connectivity index (χ1) is 7.66. The minimum absolute atomic E-state index is 0.0828. The lowest BCUT2D eigenvalue weighted by Gasteiger charge is -2.12. The summed E-state index contributed by atoms with van der Waals surface area (Å²) in [5, 5.41) is 2.85. The Kier molecular flexibility index (Phi) is 3.49. The van der Waals surface area contributed by atoms with E-state index in [1.807, 2.05) is 0 Å². The highest BCUT2D eigenvalue weighted by atomic mass is 32.1. The molecule has 0 unspecified atom stereocenters. The Morgan fingerprint density at radius 1 is 1.38 bits per heavy atom. The molecule has 1 fully saturated rings. The summed E-state index contributed by atoms with van der Waals surface area (Å²) in [4.78, 5) is 12.4. The first-order valence-electron chi connectivity index (χ1n) is 5.46. The maximum Gasteiger partial charge on any atom is 0.254 e. The smallest absolute Gasteiger partial charge is 0.254 e. The van der Waals surface area contributed by atoms with Crippen molar-refractivity contribution in [1.82, 2.24) is 5.32 Å². The van der Waals surface area contributed by atoms with Crippen LogP contribution < -0.4 is 5.32 Å². The van der Waals surface area contributed by atoms with Crippen LogP contribution in [0.15, 0.2) is 23.1 Å². The molecule has 2 rings (SSSR count). The van der Waals surface area contributed by atoms with Crippen LogP contribution in [-0.2, 0) is 0 Å². The number of benzene rings is 1. The average Bonchev–Trinajstić information content (AvgIpc) is 2.74. The lowest BCUT2D eigenvalue weighted by molar-refractivity contribution is 0.0933. The number of amides is 1. The van der Waals surface area contributed by atoms with Crippen LogP contribution in [0.1, 0.15) is 36.0 Å². The molecule has 1 saturated carbocycles. The van der Waals surface area contributed by atoms with E-state index in [4.69, 9.17) is 0 Å². The molecule has 0 aliphatic heterocycles. The Morgan fingerprint density at radius 2 is 2.06 bits per heavy atom. The van der Waals surface area contributed by atoms with Gasteiger partial charge in [-0.1, -0.05) is 12.8 Å². The minimum Gasteiger partial charge on any atom is -0.349 e. The van der Waals surface area contributed by atoms with E-state index >= 15 is 0 Å². The Hall–Kier alpha value is -1.03. The fourth-order valence-corrected chi connectivity index (χ4v) is 2.22. The molecule has 1 amide bonds. The van der Waals surface area contributed by atoms with E-state index in [1.54, 1.807) is 0 Å². The van der Waals surface area contributed by atoms with E-state index < -0.39 is 5.82 Å². The molecular formula is C12H14FNOS. The van der Waals surface area contributed by atoms with E-state index in [0.717, 1.165) is 25.7 Å². The van der Waals surface area contributed by atoms with Gasteiger partial charge in [0, 0.05) is 10.9 Å². The van der Waals surface area contributed by atoms with Gasteiger partial charge < -0.3 is 5.32 Å². The zero-order chi connectivity index (χ0) is 11.5. The average molecular weight is 239 g/mol. The normalized spacial score (nSPS) is 16.4. The summed E-state index contributed by atoms with van der Waals surface area (Å²) in [6, 6.07) is 4.47. The fraction of sp³-hybridized carbons (Fsp3) is 0.417. The maximum absolute atomic E-state index is 13.4. The van der Waals surface area contributed by atoms with Crippen LogP contribution >= 0.6 is 12.6 Å². The number of carbonyl (C=O) groups excluding carboxylic acids is 1. The lowest BCUT2D eigenvalue weighted by atomic mass is 10.1. The third-order valence-corrected chi connectivity index (χ3v) is 3.16. The molecule has 0 radical (unpaired) electrons. The van der Waals surface area contributed by atoms with Crippen LogP contribution in [0.3, 0.4) is 0 Å². The summed E-state index contributed by atoms with van der Waals surface area (Å²) in [6.07, 6.45) is 4.27. The Morgan fingerprint density at radius 3 is 2.75 bits per heavy atom. The molecule has 0 heterocycles. The Bertz CT molecular complexity index is 402. The number of hydrogen-bond acceptors (Lipinski definition) is 2. The molecule has 4 heteroatoms. The quantitative estimate of drug-likeness (QED) is 0.763. The molecule has 1 aliphatic carbocycles. The zero-order valence-corrected chi connectivity index (χ0v) is 9.77. The second-order valence-corrected chi connectivity index (χ2v) is 4.64. The van der Waals surface area contributed by atoms with Crippen molar-refractivity contribution in [2.24, 2.45) is 0 Å². The van der Waals surface area contributed by atoms with Gasteiger partial charge in [0.1, 0.15) is 5.82 Å². The van der Waals surface area contributed by atoms with Crippen molar-refractivity contribution >= 4 is 18.5 Å². The standard InChI is InChI=1S/C12H14FNOS/c13-11-6-5-9(16)7-10(11)12(15)14-8-3-1-2-4-8/h5-8,16H,1-4H2,(H,14,15). The SMILES string of the molecule is O=C(NC1CCCC1)c1cc(S)ccc1F. The number of hydrogen-bond donors (Lipinski definition) is 2. The molecular weight excluding hydrogens is 225 g/mol. The molecule has 0 aromatic heterocycles. The highest BCUT2D eigenvalue weighted by Gasteiger charge is 2.19. The molecule has 2 nitrogen and oxygen atoms in total. The molecule has 1 aliphatic rings. The van der Waals surface area contributed by atoms with Gasteiger partial charge in [0.05, 0.1) is 5.56 Å². The van der Waals surface area contributed by atoms with E-state index in [0.29, 0.717) is 4.90 Å². The third kappa shape index (κ3) is 2.55. The molecule has 1 aromatic rings. The summed E-state index contributed by atoms with van der Waals surface area (Å²) in [5.74, 6) is -0.825. The molecule has 0 saturated heterocycles. The molecule has 86 valence electrons. The van der Waals surface area contributed by atoms with Crippen LogP contribution in [0.2, 0.25) is 0 Å². The first kappa shape index (κ1) is 11.5. The highest BCUT2D eigenvalue weighted by Crippen LogP contribution is 2.19. The number of nitrogens with one attached hydrogen (secondary N) is 1. The topological polar surface area (TPSA) is 29.1 Å². The Labute approximate surface area is 99.6 Å². The van der Waals surface area contributed by atoms with Crippen LogP contribution in [0.5, 0.6) is 0 Å². The second kappa shape index (κ2) is 4.87. The van der Waals surface area contributed by atoms with Gasteiger partial charge in [-0.15, -0.1) is 12.6 Å². The van der Waals surface area contributed by atoms with E-state index in [9.17, 15) is 9.18 Å². The van der Waals surface area contributed by atoms with Crippen LogP contribution in [-0.4, -0.2) is 11.9 Å². The van der Waals surface area contributed by atoms with Crippen LogP contribution in [0, 0.1) is 5.82 Å². The second-order valence-electron chi connectivity index (χ2n) is 4.12. The molecule has 0 bridgehead atoms. The van der Waals surface area contributed by atoms with Crippen molar-refractivity contribution in [3.8, 4) is 0 Å². The van der Waals surface area contributed by atoms with Gasteiger partial charge in [0.15, 0.2) is 0 Å². The zero-order valence-electron chi connectivity index (χ0n) is 8.87. The van der Waals surface area contributed by atoms with Gasteiger partial charge in [-0.3, -0.25) is 4.79 Å². The van der Waals surface area contributed by atoms with Crippen molar-refractivity contribution in [3.05, 3.63) is 29.6 Å². The highest BCUT2D eigenvalue weighted by molar-refractivity contribution is 7.80. The summed E-state index contributed by atoms with van der Waals surface area (Å²) in [5.41, 5.74) is 0.0828. The summed E-state index contributed by atoms with van der Waals surface area (Å²) < 4.78 is 13.4. The number of halogens is 1. The van der Waals surface area contributed by atoms with E-state index in [-0.39, 0.29) is 17.5 Å². The van der Waals surface area contributed by atoms with Crippen LogP contribution in [0.25, 0.3) is 0 Å². The largest absolute Gasteiger partial charge is 0.349 e. The van der Waals surface area contributed by atoms with Crippen molar-refractivity contribution in [3.63, 3.8) is 0 Å². The van der Waals surface area contributed by atoms with Gasteiger partial charge in [0.2, 0.25) is 0 Å². The van der Waals surface area contributed by atoms with Gasteiger partial charge in [-0.05, 0) is 31.0 Å². The molecule has 0 atom stereocenters. The molecule has 1 N–H and O–H groups in total. The van der Waals surface area contributed by atoms with Gasteiger partial charge in [-0.2, -0.15) is 0 Å². The predicted octanol–water partition coefficient (Wildman–Crippen LogP) is 2.79. The lowest BCUT2D eigenvalue weighted by Crippen LogP contribution is -2.33. The van der Waals surface area contributed by atoms with Gasteiger partial charge in [0.25, 0.3) is 5.91 Å². The summed E-state index contributed by atoms with van der Waals surface area (Å²) in [7, 11) is 0. The number of carbonyl (C=O) groups is 1. The number of thiol groups is 1. The monoisotopic (exact) mass is 239 g/mol. The van der Waals surface area contributed by atoms with Crippen molar-refractivity contribution in [2.75, 3.05) is 0 Å². The van der Waals surface area contributed by atoms with Crippen molar-refractivity contribution in [1.29, 1.82) is 0 Å². The summed E-state index contributed by atoms with van der Waals surface area (Å²) >= 11 is 4.10. The number of rotatable bonds is 2.